The highest BCUT2D eigenvalue weighted by Crippen LogP contribution is 2.23. The summed E-state index contributed by atoms with van der Waals surface area (Å²) < 4.78 is 0. The topological polar surface area (TPSA) is 32.3 Å². The van der Waals surface area contributed by atoms with Gasteiger partial charge in [0.15, 0.2) is 5.11 Å². The van der Waals surface area contributed by atoms with Crippen LogP contribution in [0.2, 0.25) is 0 Å². The first kappa shape index (κ1) is 16.4. The largest absolute Gasteiger partial charge is 0.327 e. The highest BCUT2D eigenvalue weighted by Gasteiger charge is 2.31. The normalized spacial score (nSPS) is 16.2. The number of carbonyl (C=O) groups excluding carboxylic acids is 1. The van der Waals surface area contributed by atoms with Gasteiger partial charge in [0, 0.05) is 0 Å². The molecule has 3 nitrogen and oxygen atoms in total. The second-order valence-electron chi connectivity index (χ2n) is 6.29. The lowest BCUT2D eigenvalue weighted by molar-refractivity contribution is -0.113. The number of benzene rings is 2. The van der Waals surface area contributed by atoms with E-state index in [-0.39, 0.29) is 5.91 Å². The quantitative estimate of drug-likeness (QED) is 0.667. The Bertz CT molecular complexity index is 805. The Morgan fingerprint density at radius 3 is 2.25 bits per heavy atom. The van der Waals surface area contributed by atoms with E-state index in [9.17, 15) is 4.79 Å². The van der Waals surface area contributed by atoms with Crippen molar-refractivity contribution >= 4 is 35.0 Å². The predicted octanol–water partition coefficient (Wildman–Crippen LogP) is 4.38. The van der Waals surface area contributed by atoms with Gasteiger partial charge in [-0.05, 0) is 54.4 Å². The van der Waals surface area contributed by atoms with Crippen LogP contribution in [0.3, 0.4) is 0 Å². The van der Waals surface area contributed by atoms with E-state index in [1.165, 1.54) is 10.5 Å². The van der Waals surface area contributed by atoms with E-state index in [1.807, 2.05) is 49.4 Å². The van der Waals surface area contributed by atoms with Crippen molar-refractivity contribution in [2.45, 2.75) is 26.7 Å². The standard InChI is InChI=1S/C20H20N2OS/c1-13(2)16-8-6-15(7-9-16)12-18-19(23)22(20(24)21-18)17-10-4-14(3)5-11-17/h4-13H,1-3H3,(H,21,24)/b18-12+. The summed E-state index contributed by atoms with van der Waals surface area (Å²) in [5, 5.41) is 3.43. The number of anilines is 1. The highest BCUT2D eigenvalue weighted by atomic mass is 32.1. The molecule has 1 fully saturated rings. The smallest absolute Gasteiger partial charge is 0.281 e. The molecule has 2 aromatic rings. The molecule has 0 aliphatic carbocycles. The first-order chi connectivity index (χ1) is 11.5. The molecule has 3 rings (SSSR count). The van der Waals surface area contributed by atoms with Gasteiger partial charge >= 0.3 is 0 Å². The molecule has 2 aromatic carbocycles. The number of carbonyl (C=O) groups is 1. The van der Waals surface area contributed by atoms with Crippen molar-refractivity contribution in [1.29, 1.82) is 0 Å². The number of rotatable bonds is 3. The molecule has 0 spiro atoms. The molecule has 122 valence electrons. The van der Waals surface area contributed by atoms with Gasteiger partial charge in [0.1, 0.15) is 5.70 Å². The van der Waals surface area contributed by atoms with Crippen molar-refractivity contribution in [1.82, 2.24) is 5.32 Å². The number of aryl methyl sites for hydroxylation is 1. The summed E-state index contributed by atoms with van der Waals surface area (Å²) in [6.45, 7) is 6.33. The van der Waals surface area contributed by atoms with E-state index in [2.05, 4.69) is 31.3 Å². The number of nitrogens with zero attached hydrogens (tertiary/aromatic N) is 1. The lowest BCUT2D eigenvalue weighted by Crippen LogP contribution is -2.30. The monoisotopic (exact) mass is 336 g/mol. The van der Waals surface area contributed by atoms with E-state index in [1.54, 1.807) is 0 Å². The van der Waals surface area contributed by atoms with Gasteiger partial charge in [0.25, 0.3) is 5.91 Å². The van der Waals surface area contributed by atoms with Gasteiger partial charge in [-0.15, -0.1) is 0 Å². The van der Waals surface area contributed by atoms with Crippen LogP contribution in [0, 0.1) is 6.92 Å². The molecule has 1 heterocycles. The Balaban J connectivity index is 1.86. The lowest BCUT2D eigenvalue weighted by Gasteiger charge is -2.13. The first-order valence-electron chi connectivity index (χ1n) is 7.99. The third-order valence-electron chi connectivity index (χ3n) is 4.08. The summed E-state index contributed by atoms with van der Waals surface area (Å²) in [6, 6.07) is 16.0. The van der Waals surface area contributed by atoms with Crippen molar-refractivity contribution in [3.8, 4) is 0 Å². The maximum Gasteiger partial charge on any atom is 0.281 e. The third-order valence-corrected chi connectivity index (χ3v) is 4.37. The molecule has 0 unspecified atom stereocenters. The molecule has 1 N–H and O–H groups in total. The Labute approximate surface area is 148 Å². The van der Waals surface area contributed by atoms with Crippen LogP contribution in [0.4, 0.5) is 5.69 Å². The summed E-state index contributed by atoms with van der Waals surface area (Å²) in [6.07, 6.45) is 1.84. The number of thiocarbonyl (C=S) groups is 1. The summed E-state index contributed by atoms with van der Waals surface area (Å²) >= 11 is 5.33. The van der Waals surface area contributed by atoms with Gasteiger partial charge in [-0.3, -0.25) is 9.69 Å². The van der Waals surface area contributed by atoms with Gasteiger partial charge in [-0.2, -0.15) is 0 Å². The molecule has 1 saturated heterocycles. The van der Waals surface area contributed by atoms with Gasteiger partial charge in [-0.1, -0.05) is 55.8 Å². The molecule has 4 heteroatoms. The highest BCUT2D eigenvalue weighted by molar-refractivity contribution is 7.80. The van der Waals surface area contributed by atoms with Crippen LogP contribution in [0.15, 0.2) is 54.2 Å². The zero-order chi connectivity index (χ0) is 17.3. The average Bonchev–Trinajstić information content (AvgIpc) is 2.83. The molecule has 0 radical (unpaired) electrons. The maximum atomic E-state index is 12.7. The second-order valence-corrected chi connectivity index (χ2v) is 6.67. The number of hydrogen-bond donors (Lipinski definition) is 1. The van der Waals surface area contributed by atoms with E-state index in [0.717, 1.165) is 16.8 Å². The average molecular weight is 336 g/mol. The Hall–Kier alpha value is -2.46. The number of hydrogen-bond acceptors (Lipinski definition) is 2. The minimum atomic E-state index is -0.128. The minimum Gasteiger partial charge on any atom is -0.327 e. The molecule has 1 aliphatic heterocycles. The number of amides is 1. The van der Waals surface area contributed by atoms with Gasteiger partial charge in [-0.25, -0.2) is 0 Å². The summed E-state index contributed by atoms with van der Waals surface area (Å²) in [7, 11) is 0. The van der Waals surface area contributed by atoms with Crippen LogP contribution >= 0.6 is 12.2 Å². The van der Waals surface area contributed by atoms with Crippen LogP contribution < -0.4 is 10.2 Å². The Morgan fingerprint density at radius 2 is 1.67 bits per heavy atom. The van der Waals surface area contributed by atoms with E-state index in [4.69, 9.17) is 12.2 Å². The SMILES string of the molecule is Cc1ccc(N2C(=O)/C(=C\c3ccc(C(C)C)cc3)NC2=S)cc1. The van der Waals surface area contributed by atoms with E-state index >= 15 is 0 Å². The first-order valence-corrected chi connectivity index (χ1v) is 8.40. The molecule has 0 bridgehead atoms. The fraction of sp³-hybridized carbons (Fsp3) is 0.200. The van der Waals surface area contributed by atoms with Crippen molar-refractivity contribution in [2.24, 2.45) is 0 Å². The summed E-state index contributed by atoms with van der Waals surface area (Å²) in [4.78, 5) is 14.2. The van der Waals surface area contributed by atoms with Gasteiger partial charge in [0.05, 0.1) is 5.69 Å². The molecule has 0 atom stereocenters. The van der Waals surface area contributed by atoms with Gasteiger partial charge in [0.2, 0.25) is 0 Å². The third kappa shape index (κ3) is 3.24. The van der Waals surface area contributed by atoms with Crippen LogP contribution in [-0.2, 0) is 4.79 Å². The maximum absolute atomic E-state index is 12.7. The fourth-order valence-electron chi connectivity index (χ4n) is 2.61. The zero-order valence-electron chi connectivity index (χ0n) is 14.0. The molecule has 0 aromatic heterocycles. The van der Waals surface area contributed by atoms with E-state index in [0.29, 0.717) is 16.7 Å². The summed E-state index contributed by atoms with van der Waals surface area (Å²) in [5.74, 6) is 0.360. The molecule has 1 amide bonds. The molecular formula is C20H20N2OS. The molecular weight excluding hydrogens is 316 g/mol. The summed E-state index contributed by atoms with van der Waals surface area (Å²) in [5.41, 5.74) is 4.67. The fourth-order valence-corrected chi connectivity index (χ4v) is 2.91. The van der Waals surface area contributed by atoms with Gasteiger partial charge < -0.3 is 5.32 Å². The molecule has 24 heavy (non-hydrogen) atoms. The molecule has 1 aliphatic rings. The molecule has 0 saturated carbocycles. The van der Waals surface area contributed by atoms with Crippen molar-refractivity contribution in [2.75, 3.05) is 4.90 Å². The van der Waals surface area contributed by atoms with E-state index < -0.39 is 0 Å². The predicted molar refractivity (Wildman–Crippen MR) is 103 cm³/mol. The van der Waals surface area contributed by atoms with Crippen molar-refractivity contribution < 1.29 is 4.79 Å². The minimum absolute atomic E-state index is 0.128. The van der Waals surface area contributed by atoms with Crippen molar-refractivity contribution in [3.05, 3.63) is 70.9 Å². The Morgan fingerprint density at radius 1 is 1.04 bits per heavy atom. The second kappa shape index (κ2) is 6.57. The van der Waals surface area contributed by atoms with Crippen LogP contribution in [-0.4, -0.2) is 11.0 Å². The Kier molecular flexibility index (Phi) is 4.49. The van der Waals surface area contributed by atoms with Crippen LogP contribution in [0.1, 0.15) is 36.5 Å². The zero-order valence-corrected chi connectivity index (χ0v) is 14.9. The van der Waals surface area contributed by atoms with Crippen LogP contribution in [0.25, 0.3) is 6.08 Å². The number of nitrogens with one attached hydrogen (secondary N) is 1. The lowest BCUT2D eigenvalue weighted by atomic mass is 10.0. The van der Waals surface area contributed by atoms with Crippen LogP contribution in [0.5, 0.6) is 0 Å². The van der Waals surface area contributed by atoms with Crippen molar-refractivity contribution in [3.63, 3.8) is 0 Å².